The Balaban J connectivity index is 3.07. The van der Waals surface area contributed by atoms with Crippen LogP contribution in [0.1, 0.15) is 24.9 Å². The molecule has 0 aliphatic carbocycles. The summed E-state index contributed by atoms with van der Waals surface area (Å²) in [4.78, 5) is 0. The molecule has 3 heteroatoms. The molecule has 0 saturated carbocycles. The molecule has 1 aromatic rings. The number of benzene rings is 1. The van der Waals surface area contributed by atoms with E-state index < -0.39 is 5.82 Å². The first-order chi connectivity index (χ1) is 5.66. The maximum Gasteiger partial charge on any atom is 0.146 e. The summed E-state index contributed by atoms with van der Waals surface area (Å²) in [5.41, 5.74) is 6.16. The second kappa shape index (κ2) is 3.87. The largest absolute Gasteiger partial charge is 0.324 e. The maximum absolute atomic E-state index is 13.2. The topological polar surface area (TPSA) is 26.0 Å². The third kappa shape index (κ3) is 1.76. The lowest BCUT2D eigenvalue weighted by atomic mass is 10.1. The molecule has 1 unspecified atom stereocenters. The number of hydrogen-bond donors (Lipinski definition) is 1. The average molecular weight is 188 g/mol. The first-order valence-electron chi connectivity index (χ1n) is 3.86. The van der Waals surface area contributed by atoms with E-state index in [1.807, 2.05) is 6.92 Å². The Bertz CT molecular complexity index is 275. The van der Waals surface area contributed by atoms with Gasteiger partial charge >= 0.3 is 0 Å². The number of nitrogens with two attached hydrogens (primary N) is 1. The summed E-state index contributed by atoms with van der Waals surface area (Å²) in [5.74, 6) is -0.395. The summed E-state index contributed by atoms with van der Waals surface area (Å²) in [5, 5.41) is 0.136. The van der Waals surface area contributed by atoms with Crippen LogP contribution in [0.25, 0.3) is 0 Å². The van der Waals surface area contributed by atoms with E-state index in [0.717, 1.165) is 0 Å². The molecule has 1 rings (SSSR count). The van der Waals surface area contributed by atoms with Crippen LogP contribution in [0.2, 0.25) is 5.02 Å². The molecule has 0 radical (unpaired) electrons. The van der Waals surface area contributed by atoms with Gasteiger partial charge in [0.1, 0.15) is 5.82 Å². The van der Waals surface area contributed by atoms with Crippen LogP contribution in [-0.2, 0) is 0 Å². The summed E-state index contributed by atoms with van der Waals surface area (Å²) >= 11 is 5.58. The van der Waals surface area contributed by atoms with Crippen LogP contribution in [0.15, 0.2) is 18.2 Å². The molecule has 0 fully saturated rings. The second-order valence-corrected chi connectivity index (χ2v) is 3.06. The highest BCUT2D eigenvalue weighted by atomic mass is 35.5. The molecule has 0 heterocycles. The van der Waals surface area contributed by atoms with E-state index >= 15 is 0 Å². The molecule has 2 N–H and O–H groups in total. The van der Waals surface area contributed by atoms with Crippen molar-refractivity contribution in [2.24, 2.45) is 5.73 Å². The standard InChI is InChI=1S/C9H11ClFN/c1-2-8(12)6-4-3-5-7(10)9(6)11/h3-5,8H,2,12H2,1H3. The van der Waals surface area contributed by atoms with Crippen molar-refractivity contribution in [3.05, 3.63) is 34.6 Å². The third-order valence-corrected chi connectivity index (χ3v) is 2.11. The van der Waals surface area contributed by atoms with Gasteiger partial charge in [-0.3, -0.25) is 0 Å². The van der Waals surface area contributed by atoms with Gasteiger partial charge in [-0.05, 0) is 12.5 Å². The lowest BCUT2D eigenvalue weighted by molar-refractivity contribution is 0.576. The van der Waals surface area contributed by atoms with Crippen molar-refractivity contribution >= 4 is 11.6 Å². The Morgan fingerprint density at radius 1 is 1.58 bits per heavy atom. The molecule has 0 amide bonds. The Morgan fingerprint density at radius 2 is 2.25 bits per heavy atom. The summed E-state index contributed by atoms with van der Waals surface area (Å²) in [7, 11) is 0. The van der Waals surface area contributed by atoms with E-state index in [0.29, 0.717) is 12.0 Å². The van der Waals surface area contributed by atoms with Crippen molar-refractivity contribution in [1.82, 2.24) is 0 Å². The molecule has 0 bridgehead atoms. The zero-order valence-corrected chi connectivity index (χ0v) is 7.61. The molecule has 0 spiro atoms. The molecule has 66 valence electrons. The molecule has 0 saturated heterocycles. The Morgan fingerprint density at radius 3 is 2.83 bits per heavy atom. The highest BCUT2D eigenvalue weighted by molar-refractivity contribution is 6.30. The summed E-state index contributed by atoms with van der Waals surface area (Å²) < 4.78 is 13.2. The fourth-order valence-corrected chi connectivity index (χ4v) is 1.21. The van der Waals surface area contributed by atoms with Crippen LogP contribution in [0.5, 0.6) is 0 Å². The molecule has 0 aromatic heterocycles. The van der Waals surface area contributed by atoms with Crippen molar-refractivity contribution in [2.75, 3.05) is 0 Å². The van der Waals surface area contributed by atoms with Gasteiger partial charge in [0.2, 0.25) is 0 Å². The van der Waals surface area contributed by atoms with E-state index in [1.54, 1.807) is 12.1 Å². The van der Waals surface area contributed by atoms with Crippen LogP contribution in [-0.4, -0.2) is 0 Å². The fourth-order valence-electron chi connectivity index (χ4n) is 1.03. The zero-order chi connectivity index (χ0) is 9.14. The Labute approximate surface area is 76.3 Å². The number of halogens is 2. The first kappa shape index (κ1) is 9.49. The first-order valence-corrected chi connectivity index (χ1v) is 4.24. The van der Waals surface area contributed by atoms with Gasteiger partial charge in [0, 0.05) is 11.6 Å². The molecule has 0 aliphatic heterocycles. The van der Waals surface area contributed by atoms with Crippen molar-refractivity contribution in [3.8, 4) is 0 Å². The van der Waals surface area contributed by atoms with Crippen LogP contribution in [0.3, 0.4) is 0 Å². The van der Waals surface area contributed by atoms with Crippen LogP contribution < -0.4 is 5.73 Å². The van der Waals surface area contributed by atoms with Gasteiger partial charge < -0.3 is 5.73 Å². The minimum atomic E-state index is -0.395. The predicted molar refractivity (Wildman–Crippen MR) is 48.6 cm³/mol. The van der Waals surface area contributed by atoms with Gasteiger partial charge in [0.05, 0.1) is 5.02 Å². The average Bonchev–Trinajstić information content (AvgIpc) is 2.08. The van der Waals surface area contributed by atoms with E-state index in [1.165, 1.54) is 6.07 Å². The lowest BCUT2D eigenvalue weighted by Crippen LogP contribution is -2.10. The van der Waals surface area contributed by atoms with Crippen molar-refractivity contribution in [3.63, 3.8) is 0 Å². The Hall–Kier alpha value is -0.600. The second-order valence-electron chi connectivity index (χ2n) is 2.66. The normalized spacial score (nSPS) is 13.0. The summed E-state index contributed by atoms with van der Waals surface area (Å²) in [6.45, 7) is 1.91. The molecular formula is C9H11ClFN. The fraction of sp³-hybridized carbons (Fsp3) is 0.333. The zero-order valence-electron chi connectivity index (χ0n) is 6.85. The van der Waals surface area contributed by atoms with Crippen molar-refractivity contribution < 1.29 is 4.39 Å². The summed E-state index contributed by atoms with van der Waals surface area (Å²) in [6.07, 6.45) is 0.706. The van der Waals surface area contributed by atoms with Crippen molar-refractivity contribution in [2.45, 2.75) is 19.4 Å². The van der Waals surface area contributed by atoms with E-state index in [4.69, 9.17) is 17.3 Å². The molecule has 12 heavy (non-hydrogen) atoms. The van der Waals surface area contributed by atoms with Gasteiger partial charge in [0.15, 0.2) is 0 Å². The highest BCUT2D eigenvalue weighted by Crippen LogP contribution is 2.23. The van der Waals surface area contributed by atoms with Gasteiger partial charge in [-0.2, -0.15) is 0 Å². The lowest BCUT2D eigenvalue weighted by Gasteiger charge is -2.10. The number of hydrogen-bond acceptors (Lipinski definition) is 1. The van der Waals surface area contributed by atoms with E-state index in [2.05, 4.69) is 0 Å². The molecular weight excluding hydrogens is 177 g/mol. The van der Waals surface area contributed by atoms with Gasteiger partial charge in [-0.1, -0.05) is 30.7 Å². The highest BCUT2D eigenvalue weighted by Gasteiger charge is 2.11. The molecule has 1 nitrogen and oxygen atoms in total. The Kier molecular flexibility index (Phi) is 3.06. The monoisotopic (exact) mass is 187 g/mol. The van der Waals surface area contributed by atoms with Crippen molar-refractivity contribution in [1.29, 1.82) is 0 Å². The van der Waals surface area contributed by atoms with Crippen LogP contribution in [0.4, 0.5) is 4.39 Å². The maximum atomic E-state index is 13.2. The quantitative estimate of drug-likeness (QED) is 0.757. The smallest absolute Gasteiger partial charge is 0.146 e. The van der Waals surface area contributed by atoms with Crippen LogP contribution >= 0.6 is 11.6 Å². The minimum Gasteiger partial charge on any atom is -0.324 e. The van der Waals surface area contributed by atoms with E-state index in [9.17, 15) is 4.39 Å². The molecule has 0 aliphatic rings. The predicted octanol–water partition coefficient (Wildman–Crippen LogP) is 2.89. The molecule has 1 aromatic carbocycles. The molecule has 1 atom stereocenters. The minimum absolute atomic E-state index is 0.136. The van der Waals surface area contributed by atoms with Gasteiger partial charge in [-0.25, -0.2) is 4.39 Å². The van der Waals surface area contributed by atoms with Gasteiger partial charge in [-0.15, -0.1) is 0 Å². The van der Waals surface area contributed by atoms with E-state index in [-0.39, 0.29) is 11.1 Å². The van der Waals surface area contributed by atoms with Crippen LogP contribution in [0, 0.1) is 5.82 Å². The SMILES string of the molecule is CCC(N)c1cccc(Cl)c1F. The summed E-state index contributed by atoms with van der Waals surface area (Å²) in [6, 6.07) is 4.62. The van der Waals surface area contributed by atoms with Gasteiger partial charge in [0.25, 0.3) is 0 Å². The third-order valence-electron chi connectivity index (χ3n) is 1.82. The number of rotatable bonds is 2.